The standard InChI is InChI=1S/C17H26N2O2/c1-17(5-6-18-11-17)12-19-7-4-13-8-15(20-2)16(21-3)9-14(13)10-19/h8-9,18H,4-7,10-12H2,1-3H3. The Hall–Kier alpha value is -1.26. The molecule has 0 radical (unpaired) electrons. The quantitative estimate of drug-likeness (QED) is 0.920. The zero-order valence-corrected chi connectivity index (χ0v) is 13.4. The van der Waals surface area contributed by atoms with E-state index >= 15 is 0 Å². The van der Waals surface area contributed by atoms with Crippen LogP contribution < -0.4 is 14.8 Å². The molecular formula is C17H26N2O2. The Balaban J connectivity index is 1.75. The molecule has 0 saturated carbocycles. The van der Waals surface area contributed by atoms with Crippen molar-refractivity contribution >= 4 is 0 Å². The van der Waals surface area contributed by atoms with Gasteiger partial charge < -0.3 is 14.8 Å². The maximum atomic E-state index is 5.44. The van der Waals surface area contributed by atoms with Crippen molar-refractivity contribution in [2.45, 2.75) is 26.3 Å². The summed E-state index contributed by atoms with van der Waals surface area (Å²) in [5.74, 6) is 1.68. The molecule has 0 aliphatic carbocycles. The van der Waals surface area contributed by atoms with E-state index in [-0.39, 0.29) is 0 Å². The summed E-state index contributed by atoms with van der Waals surface area (Å²) in [7, 11) is 3.41. The molecule has 1 saturated heterocycles. The fraction of sp³-hybridized carbons (Fsp3) is 0.647. The fourth-order valence-electron chi connectivity index (χ4n) is 3.62. The number of methoxy groups -OCH3 is 2. The van der Waals surface area contributed by atoms with Gasteiger partial charge in [0.25, 0.3) is 0 Å². The van der Waals surface area contributed by atoms with Gasteiger partial charge in [0.2, 0.25) is 0 Å². The van der Waals surface area contributed by atoms with Crippen molar-refractivity contribution in [1.82, 2.24) is 10.2 Å². The molecule has 0 amide bonds. The number of ether oxygens (including phenoxy) is 2. The number of nitrogens with zero attached hydrogens (tertiary/aromatic N) is 1. The van der Waals surface area contributed by atoms with E-state index in [9.17, 15) is 0 Å². The van der Waals surface area contributed by atoms with Crippen LogP contribution in [0.1, 0.15) is 24.5 Å². The Kier molecular flexibility index (Phi) is 4.09. The molecule has 2 heterocycles. The van der Waals surface area contributed by atoms with Crippen LogP contribution in [-0.4, -0.2) is 45.3 Å². The largest absolute Gasteiger partial charge is 0.493 e. The second-order valence-corrected chi connectivity index (χ2v) is 6.67. The number of hydrogen-bond acceptors (Lipinski definition) is 4. The number of hydrogen-bond donors (Lipinski definition) is 1. The van der Waals surface area contributed by atoms with Gasteiger partial charge in [-0.25, -0.2) is 0 Å². The average molecular weight is 290 g/mol. The van der Waals surface area contributed by atoms with Gasteiger partial charge in [0.15, 0.2) is 11.5 Å². The number of nitrogens with one attached hydrogen (secondary N) is 1. The lowest BCUT2D eigenvalue weighted by Crippen LogP contribution is -2.40. The third-order valence-corrected chi connectivity index (χ3v) is 4.86. The van der Waals surface area contributed by atoms with Crippen molar-refractivity contribution in [1.29, 1.82) is 0 Å². The molecule has 2 aliphatic rings. The molecule has 0 spiro atoms. The highest BCUT2D eigenvalue weighted by molar-refractivity contribution is 5.48. The molecular weight excluding hydrogens is 264 g/mol. The number of fused-ring (bicyclic) bond motifs is 1. The molecule has 4 heteroatoms. The van der Waals surface area contributed by atoms with Gasteiger partial charge in [-0.05, 0) is 48.1 Å². The van der Waals surface area contributed by atoms with Crippen LogP contribution in [0.25, 0.3) is 0 Å². The van der Waals surface area contributed by atoms with Crippen LogP contribution >= 0.6 is 0 Å². The summed E-state index contributed by atoms with van der Waals surface area (Å²) in [5.41, 5.74) is 3.21. The molecule has 4 nitrogen and oxygen atoms in total. The Morgan fingerprint density at radius 1 is 1.19 bits per heavy atom. The molecule has 1 fully saturated rings. The van der Waals surface area contributed by atoms with Crippen molar-refractivity contribution in [3.63, 3.8) is 0 Å². The smallest absolute Gasteiger partial charge is 0.161 e. The van der Waals surface area contributed by atoms with Crippen molar-refractivity contribution in [2.75, 3.05) is 40.4 Å². The van der Waals surface area contributed by atoms with Crippen molar-refractivity contribution < 1.29 is 9.47 Å². The lowest BCUT2D eigenvalue weighted by atomic mass is 9.88. The summed E-state index contributed by atoms with van der Waals surface area (Å²) >= 11 is 0. The van der Waals surface area contributed by atoms with E-state index in [1.165, 1.54) is 24.1 Å². The third-order valence-electron chi connectivity index (χ3n) is 4.86. The lowest BCUT2D eigenvalue weighted by molar-refractivity contribution is 0.164. The van der Waals surface area contributed by atoms with Gasteiger partial charge >= 0.3 is 0 Å². The van der Waals surface area contributed by atoms with Crippen LogP contribution in [0.3, 0.4) is 0 Å². The van der Waals surface area contributed by atoms with Crippen LogP contribution in [-0.2, 0) is 13.0 Å². The molecule has 0 bridgehead atoms. The lowest BCUT2D eigenvalue weighted by Gasteiger charge is -2.35. The Morgan fingerprint density at radius 2 is 1.90 bits per heavy atom. The first-order valence-electron chi connectivity index (χ1n) is 7.80. The van der Waals surface area contributed by atoms with E-state index < -0.39 is 0 Å². The van der Waals surface area contributed by atoms with Crippen LogP contribution in [0.5, 0.6) is 11.5 Å². The SMILES string of the molecule is COc1cc2c(cc1OC)CN(CC1(C)CCNC1)CC2. The maximum absolute atomic E-state index is 5.44. The molecule has 3 rings (SSSR count). The first kappa shape index (κ1) is 14.7. The molecule has 116 valence electrons. The number of benzene rings is 1. The molecule has 2 aliphatic heterocycles. The summed E-state index contributed by atoms with van der Waals surface area (Å²) in [5, 5.41) is 3.49. The van der Waals surface area contributed by atoms with Gasteiger partial charge in [-0.3, -0.25) is 4.90 Å². The van der Waals surface area contributed by atoms with Gasteiger partial charge in [0, 0.05) is 26.2 Å². The summed E-state index contributed by atoms with van der Waals surface area (Å²) in [6.07, 6.45) is 2.38. The topological polar surface area (TPSA) is 33.7 Å². The molecule has 21 heavy (non-hydrogen) atoms. The van der Waals surface area contributed by atoms with E-state index in [1.807, 2.05) is 0 Å². The van der Waals surface area contributed by atoms with Gasteiger partial charge in [-0.15, -0.1) is 0 Å². The van der Waals surface area contributed by atoms with Gasteiger partial charge in [-0.1, -0.05) is 6.92 Å². The Labute approximate surface area is 127 Å². The summed E-state index contributed by atoms with van der Waals surface area (Å²) in [6.45, 7) is 8.03. The summed E-state index contributed by atoms with van der Waals surface area (Å²) in [6, 6.07) is 4.29. The summed E-state index contributed by atoms with van der Waals surface area (Å²) in [4.78, 5) is 2.58. The minimum Gasteiger partial charge on any atom is -0.493 e. The highest BCUT2D eigenvalue weighted by atomic mass is 16.5. The molecule has 1 unspecified atom stereocenters. The van der Waals surface area contributed by atoms with E-state index in [0.29, 0.717) is 5.41 Å². The minimum atomic E-state index is 0.425. The predicted molar refractivity (Wildman–Crippen MR) is 84.1 cm³/mol. The van der Waals surface area contributed by atoms with E-state index in [4.69, 9.17) is 9.47 Å². The molecule has 1 aromatic carbocycles. The second-order valence-electron chi connectivity index (χ2n) is 6.67. The Bertz CT molecular complexity index is 510. The van der Waals surface area contributed by atoms with Crippen molar-refractivity contribution in [2.24, 2.45) is 5.41 Å². The first-order chi connectivity index (χ1) is 10.1. The van der Waals surface area contributed by atoms with Gasteiger partial charge in [0.1, 0.15) is 0 Å². The van der Waals surface area contributed by atoms with Crippen LogP contribution in [0.15, 0.2) is 12.1 Å². The van der Waals surface area contributed by atoms with Gasteiger partial charge in [-0.2, -0.15) is 0 Å². The predicted octanol–water partition coefficient (Wildman–Crippen LogP) is 2.06. The van der Waals surface area contributed by atoms with E-state index in [0.717, 1.165) is 44.1 Å². The normalized spacial score (nSPS) is 25.7. The minimum absolute atomic E-state index is 0.425. The van der Waals surface area contributed by atoms with Gasteiger partial charge in [0.05, 0.1) is 14.2 Å². The third kappa shape index (κ3) is 3.01. The second kappa shape index (κ2) is 5.85. The van der Waals surface area contributed by atoms with Crippen LogP contribution in [0.2, 0.25) is 0 Å². The van der Waals surface area contributed by atoms with Crippen LogP contribution in [0.4, 0.5) is 0 Å². The summed E-state index contributed by atoms with van der Waals surface area (Å²) < 4.78 is 10.8. The molecule has 1 aromatic rings. The zero-order chi connectivity index (χ0) is 14.9. The van der Waals surface area contributed by atoms with Crippen molar-refractivity contribution in [3.05, 3.63) is 23.3 Å². The monoisotopic (exact) mass is 290 g/mol. The van der Waals surface area contributed by atoms with Crippen LogP contribution in [0, 0.1) is 5.41 Å². The molecule has 1 atom stereocenters. The maximum Gasteiger partial charge on any atom is 0.161 e. The number of rotatable bonds is 4. The zero-order valence-electron chi connectivity index (χ0n) is 13.4. The Morgan fingerprint density at radius 3 is 2.52 bits per heavy atom. The molecule has 0 aromatic heterocycles. The van der Waals surface area contributed by atoms with E-state index in [1.54, 1.807) is 14.2 Å². The highest BCUT2D eigenvalue weighted by Crippen LogP contribution is 2.34. The van der Waals surface area contributed by atoms with E-state index in [2.05, 4.69) is 29.3 Å². The highest BCUT2D eigenvalue weighted by Gasteiger charge is 2.32. The molecule has 1 N–H and O–H groups in total. The van der Waals surface area contributed by atoms with Crippen molar-refractivity contribution in [3.8, 4) is 11.5 Å². The first-order valence-corrected chi connectivity index (χ1v) is 7.80. The average Bonchev–Trinajstić information content (AvgIpc) is 2.92. The fourth-order valence-corrected chi connectivity index (χ4v) is 3.62.